The summed E-state index contributed by atoms with van der Waals surface area (Å²) < 4.78 is 2.20. The minimum Gasteiger partial charge on any atom is -0.392 e. The largest absolute Gasteiger partial charge is 0.392 e. The molecule has 0 atom stereocenters. The lowest BCUT2D eigenvalue weighted by Gasteiger charge is -2.18. The van der Waals surface area contributed by atoms with Crippen molar-refractivity contribution in [1.82, 2.24) is 14.3 Å². The number of aliphatic hydroxyl groups excluding tert-OH is 1. The number of fused-ring (bicyclic) bond motifs is 5. The molecular formula is C33H29N3O2. The smallest absolute Gasteiger partial charge is 0.253 e. The second-order valence-electron chi connectivity index (χ2n) is 9.50. The van der Waals surface area contributed by atoms with Crippen LogP contribution in [0.15, 0.2) is 97.2 Å². The highest BCUT2D eigenvalue weighted by Crippen LogP contribution is 2.36. The lowest BCUT2D eigenvalue weighted by atomic mass is 10.0. The minimum atomic E-state index is 0.0161. The van der Waals surface area contributed by atoms with E-state index in [0.717, 1.165) is 55.3 Å². The molecule has 0 aliphatic heterocycles. The van der Waals surface area contributed by atoms with Crippen LogP contribution < -0.4 is 0 Å². The van der Waals surface area contributed by atoms with Gasteiger partial charge in [-0.05, 0) is 66.9 Å². The Morgan fingerprint density at radius 3 is 2.24 bits per heavy atom. The van der Waals surface area contributed by atoms with E-state index in [2.05, 4.69) is 40.9 Å². The highest BCUT2D eigenvalue weighted by molar-refractivity contribution is 6.12. The van der Waals surface area contributed by atoms with Crippen LogP contribution in [0, 0.1) is 0 Å². The fraction of sp³-hybridized carbons (Fsp3) is 0.152. The second-order valence-corrected chi connectivity index (χ2v) is 9.50. The number of pyridine rings is 2. The molecule has 0 saturated heterocycles. The molecule has 0 aliphatic rings. The van der Waals surface area contributed by atoms with Gasteiger partial charge in [0.25, 0.3) is 5.91 Å². The molecule has 6 aromatic rings. The first kappa shape index (κ1) is 23.9. The summed E-state index contributed by atoms with van der Waals surface area (Å²) in [5.74, 6) is 0.0637. The molecule has 1 amide bonds. The van der Waals surface area contributed by atoms with Gasteiger partial charge in [0.2, 0.25) is 0 Å². The first-order valence-corrected chi connectivity index (χ1v) is 13.0. The molecule has 0 aliphatic carbocycles. The number of rotatable bonds is 6. The molecular weight excluding hydrogens is 470 g/mol. The maximum absolute atomic E-state index is 12.7. The Labute approximate surface area is 221 Å². The summed E-state index contributed by atoms with van der Waals surface area (Å²) in [6, 6.07) is 30.6. The number of aromatic nitrogens is 2. The third kappa shape index (κ3) is 4.01. The first-order chi connectivity index (χ1) is 18.6. The number of aliphatic hydroxyl groups is 1. The first-order valence-electron chi connectivity index (χ1n) is 13.0. The van der Waals surface area contributed by atoms with Gasteiger partial charge in [0.05, 0.1) is 23.3 Å². The zero-order valence-electron chi connectivity index (χ0n) is 21.6. The third-order valence-corrected chi connectivity index (χ3v) is 7.35. The van der Waals surface area contributed by atoms with Gasteiger partial charge < -0.3 is 14.4 Å². The average Bonchev–Trinajstić information content (AvgIpc) is 3.37. The summed E-state index contributed by atoms with van der Waals surface area (Å²) >= 11 is 0. The van der Waals surface area contributed by atoms with E-state index in [-0.39, 0.29) is 12.5 Å². The molecule has 0 bridgehead atoms. The van der Waals surface area contributed by atoms with Crippen molar-refractivity contribution in [3.8, 4) is 22.4 Å². The fourth-order valence-electron chi connectivity index (χ4n) is 5.25. The second kappa shape index (κ2) is 9.77. The van der Waals surface area contributed by atoms with Crippen LogP contribution in [0.3, 0.4) is 0 Å². The Balaban J connectivity index is 1.49. The van der Waals surface area contributed by atoms with E-state index in [4.69, 9.17) is 4.98 Å². The molecule has 6 rings (SSSR count). The summed E-state index contributed by atoms with van der Waals surface area (Å²) in [7, 11) is 0. The van der Waals surface area contributed by atoms with Gasteiger partial charge in [0, 0.05) is 46.7 Å². The maximum atomic E-state index is 12.7. The summed E-state index contributed by atoms with van der Waals surface area (Å²) in [6.45, 7) is 5.42. The van der Waals surface area contributed by atoms with Gasteiger partial charge in [0.1, 0.15) is 0 Å². The number of amides is 1. The van der Waals surface area contributed by atoms with Crippen LogP contribution in [-0.2, 0) is 6.61 Å². The highest BCUT2D eigenvalue weighted by atomic mass is 16.3. The SMILES string of the molecule is CCN(CC)C(=O)c1ccc(-c2ccn3c(c2)cc2c4ccccc4nc(-c4ccc(CO)cc4)c23)cc1. The van der Waals surface area contributed by atoms with Crippen molar-refractivity contribution in [3.05, 3.63) is 108 Å². The number of benzene rings is 3. The molecule has 5 heteroatoms. The maximum Gasteiger partial charge on any atom is 0.253 e. The van der Waals surface area contributed by atoms with E-state index >= 15 is 0 Å². The number of nitrogens with zero attached hydrogens (tertiary/aromatic N) is 3. The van der Waals surface area contributed by atoms with E-state index in [1.807, 2.05) is 79.4 Å². The van der Waals surface area contributed by atoms with Crippen LogP contribution in [0.4, 0.5) is 0 Å². The summed E-state index contributed by atoms with van der Waals surface area (Å²) in [6.07, 6.45) is 2.10. The molecule has 0 radical (unpaired) electrons. The van der Waals surface area contributed by atoms with Gasteiger partial charge >= 0.3 is 0 Å². The molecule has 1 N–H and O–H groups in total. The number of carbonyl (C=O) groups is 1. The Morgan fingerprint density at radius 2 is 1.53 bits per heavy atom. The van der Waals surface area contributed by atoms with Crippen molar-refractivity contribution in [1.29, 1.82) is 0 Å². The normalized spacial score (nSPS) is 11.4. The van der Waals surface area contributed by atoms with Gasteiger partial charge in [-0.2, -0.15) is 0 Å². The van der Waals surface area contributed by atoms with Gasteiger partial charge in [-0.25, -0.2) is 4.98 Å². The molecule has 3 heterocycles. The topological polar surface area (TPSA) is 57.8 Å². The Hall–Kier alpha value is -4.48. The highest BCUT2D eigenvalue weighted by Gasteiger charge is 2.16. The predicted octanol–water partition coefficient (Wildman–Crippen LogP) is 6.95. The van der Waals surface area contributed by atoms with Crippen molar-refractivity contribution < 1.29 is 9.90 Å². The Bertz CT molecular complexity index is 1780. The average molecular weight is 500 g/mol. The molecule has 188 valence electrons. The fourth-order valence-corrected chi connectivity index (χ4v) is 5.25. The van der Waals surface area contributed by atoms with E-state index in [9.17, 15) is 9.90 Å². The minimum absolute atomic E-state index is 0.0161. The Morgan fingerprint density at radius 1 is 0.816 bits per heavy atom. The number of carbonyl (C=O) groups excluding carboxylic acids is 1. The van der Waals surface area contributed by atoms with Crippen LogP contribution in [0.1, 0.15) is 29.8 Å². The van der Waals surface area contributed by atoms with Crippen LogP contribution in [-0.4, -0.2) is 38.4 Å². The number of hydrogen-bond acceptors (Lipinski definition) is 3. The predicted molar refractivity (Wildman–Crippen MR) is 154 cm³/mol. The van der Waals surface area contributed by atoms with Crippen molar-refractivity contribution in [2.45, 2.75) is 20.5 Å². The molecule has 0 unspecified atom stereocenters. The lowest BCUT2D eigenvalue weighted by Crippen LogP contribution is -2.30. The number of para-hydroxylation sites is 1. The summed E-state index contributed by atoms with van der Waals surface area (Å²) in [5.41, 5.74) is 8.75. The standard InChI is InChI=1S/C33H29N3O2/c1-3-35(4-2)33(38)25-15-13-23(14-16-25)26-17-18-36-27(19-26)20-29-28-7-5-6-8-30(28)34-31(32(29)36)24-11-9-22(21-37)10-12-24/h5-20,37H,3-4,21H2,1-2H3. The van der Waals surface area contributed by atoms with E-state index in [1.165, 1.54) is 0 Å². The van der Waals surface area contributed by atoms with Gasteiger partial charge in [-0.3, -0.25) is 4.79 Å². The van der Waals surface area contributed by atoms with Crippen molar-refractivity contribution in [2.75, 3.05) is 13.1 Å². The number of hydrogen-bond donors (Lipinski definition) is 1. The van der Waals surface area contributed by atoms with Gasteiger partial charge in [-0.15, -0.1) is 0 Å². The van der Waals surface area contributed by atoms with Gasteiger partial charge in [0.15, 0.2) is 0 Å². The molecule has 3 aromatic heterocycles. The summed E-state index contributed by atoms with van der Waals surface area (Å²) in [5, 5.41) is 11.8. The van der Waals surface area contributed by atoms with Crippen LogP contribution in [0.2, 0.25) is 0 Å². The van der Waals surface area contributed by atoms with E-state index in [1.54, 1.807) is 0 Å². The van der Waals surface area contributed by atoms with Crippen molar-refractivity contribution in [3.63, 3.8) is 0 Å². The molecule has 0 saturated carbocycles. The summed E-state index contributed by atoms with van der Waals surface area (Å²) in [4.78, 5) is 19.6. The zero-order chi connectivity index (χ0) is 26.2. The molecule has 0 spiro atoms. The van der Waals surface area contributed by atoms with Gasteiger partial charge in [-0.1, -0.05) is 54.6 Å². The molecule has 3 aromatic carbocycles. The third-order valence-electron chi connectivity index (χ3n) is 7.35. The zero-order valence-corrected chi connectivity index (χ0v) is 21.6. The molecule has 38 heavy (non-hydrogen) atoms. The van der Waals surface area contributed by atoms with Crippen LogP contribution >= 0.6 is 0 Å². The van der Waals surface area contributed by atoms with E-state index in [0.29, 0.717) is 18.7 Å². The van der Waals surface area contributed by atoms with E-state index < -0.39 is 0 Å². The van der Waals surface area contributed by atoms with Crippen molar-refractivity contribution >= 4 is 33.2 Å². The molecule has 0 fully saturated rings. The van der Waals surface area contributed by atoms with Crippen LogP contribution in [0.25, 0.3) is 49.7 Å². The molecule has 5 nitrogen and oxygen atoms in total. The van der Waals surface area contributed by atoms with Crippen LogP contribution in [0.5, 0.6) is 0 Å². The lowest BCUT2D eigenvalue weighted by molar-refractivity contribution is 0.0773. The monoisotopic (exact) mass is 499 g/mol. The van der Waals surface area contributed by atoms with Crippen molar-refractivity contribution in [2.24, 2.45) is 0 Å². The quantitative estimate of drug-likeness (QED) is 0.270. The Kier molecular flexibility index (Phi) is 6.14.